The zero-order chi connectivity index (χ0) is 14.8. The highest BCUT2D eigenvalue weighted by Crippen LogP contribution is 2.33. The van der Waals surface area contributed by atoms with Gasteiger partial charge in [0.15, 0.2) is 0 Å². The first-order chi connectivity index (χ1) is 9.52. The maximum absolute atomic E-state index is 11.8. The molecule has 0 aromatic carbocycles. The summed E-state index contributed by atoms with van der Waals surface area (Å²) in [6.45, 7) is 4.33. The van der Waals surface area contributed by atoms with Crippen molar-refractivity contribution in [2.45, 2.75) is 56.7 Å². The van der Waals surface area contributed by atoms with Gasteiger partial charge in [0.05, 0.1) is 11.6 Å². The molecule has 20 heavy (non-hydrogen) atoms. The molecule has 0 aromatic heterocycles. The summed E-state index contributed by atoms with van der Waals surface area (Å²) >= 11 is 0. The van der Waals surface area contributed by atoms with Crippen LogP contribution in [0.1, 0.15) is 39.0 Å². The molecule has 1 heterocycles. The standard InChI is InChI=1S/C15H29N3O2/c1-11-6-8-18(10-13(11)20-3)12-5-4-7-15(9-12,17-2)14(16)19/h11-13,17H,4-10H2,1-3H3,(H2,16,19). The number of methoxy groups -OCH3 is 1. The molecule has 5 nitrogen and oxygen atoms in total. The first-order valence-corrected chi connectivity index (χ1v) is 7.78. The van der Waals surface area contributed by atoms with E-state index in [-0.39, 0.29) is 5.91 Å². The number of hydrogen-bond donors (Lipinski definition) is 2. The van der Waals surface area contributed by atoms with E-state index in [0.717, 1.165) is 45.2 Å². The van der Waals surface area contributed by atoms with Gasteiger partial charge < -0.3 is 15.8 Å². The second kappa shape index (κ2) is 6.41. The summed E-state index contributed by atoms with van der Waals surface area (Å²) in [5, 5.41) is 3.19. The number of rotatable bonds is 4. The maximum Gasteiger partial charge on any atom is 0.237 e. The lowest BCUT2D eigenvalue weighted by molar-refractivity contribution is -0.127. The molecule has 4 atom stereocenters. The molecule has 1 aliphatic carbocycles. The molecule has 0 radical (unpaired) electrons. The Morgan fingerprint density at radius 2 is 2.20 bits per heavy atom. The van der Waals surface area contributed by atoms with Crippen molar-refractivity contribution in [3.63, 3.8) is 0 Å². The van der Waals surface area contributed by atoms with Gasteiger partial charge >= 0.3 is 0 Å². The number of piperidine rings is 1. The van der Waals surface area contributed by atoms with Gasteiger partial charge in [-0.1, -0.05) is 6.92 Å². The second-order valence-corrected chi connectivity index (χ2v) is 6.48. The van der Waals surface area contributed by atoms with E-state index in [9.17, 15) is 4.79 Å². The summed E-state index contributed by atoms with van der Waals surface area (Å²) in [7, 11) is 3.65. The molecule has 0 aromatic rings. The largest absolute Gasteiger partial charge is 0.380 e. The maximum atomic E-state index is 11.8. The van der Waals surface area contributed by atoms with E-state index in [0.29, 0.717) is 18.1 Å². The molecule has 5 heteroatoms. The van der Waals surface area contributed by atoms with E-state index in [1.807, 2.05) is 7.05 Å². The SMILES string of the molecule is CNC1(C(N)=O)CCCC(N2CCC(C)C(OC)C2)C1. The first kappa shape index (κ1) is 15.7. The van der Waals surface area contributed by atoms with E-state index < -0.39 is 5.54 Å². The predicted molar refractivity (Wildman–Crippen MR) is 79.4 cm³/mol. The fourth-order valence-electron chi connectivity index (χ4n) is 3.83. The lowest BCUT2D eigenvalue weighted by atomic mass is 9.77. The third-order valence-corrected chi connectivity index (χ3v) is 5.42. The molecule has 2 rings (SSSR count). The summed E-state index contributed by atoms with van der Waals surface area (Å²) in [5.74, 6) is 0.406. The Morgan fingerprint density at radius 3 is 2.80 bits per heavy atom. The summed E-state index contributed by atoms with van der Waals surface area (Å²) in [5.41, 5.74) is 5.12. The van der Waals surface area contributed by atoms with Crippen molar-refractivity contribution in [3.05, 3.63) is 0 Å². The average molecular weight is 283 g/mol. The van der Waals surface area contributed by atoms with E-state index in [1.54, 1.807) is 7.11 Å². The van der Waals surface area contributed by atoms with Crippen LogP contribution >= 0.6 is 0 Å². The summed E-state index contributed by atoms with van der Waals surface area (Å²) in [6, 6.07) is 0.439. The van der Waals surface area contributed by atoms with Crippen molar-refractivity contribution < 1.29 is 9.53 Å². The minimum Gasteiger partial charge on any atom is -0.380 e. The van der Waals surface area contributed by atoms with Crippen molar-refractivity contribution in [2.75, 3.05) is 27.2 Å². The molecule has 1 aliphatic heterocycles. The first-order valence-electron chi connectivity index (χ1n) is 7.78. The molecular weight excluding hydrogens is 254 g/mol. The fraction of sp³-hybridized carbons (Fsp3) is 0.933. The van der Waals surface area contributed by atoms with E-state index in [2.05, 4.69) is 17.1 Å². The van der Waals surface area contributed by atoms with Crippen LogP contribution in [0.5, 0.6) is 0 Å². The van der Waals surface area contributed by atoms with Crippen LogP contribution in [0.3, 0.4) is 0 Å². The van der Waals surface area contributed by atoms with Crippen LogP contribution in [0.15, 0.2) is 0 Å². The number of nitrogens with zero attached hydrogens (tertiary/aromatic N) is 1. The number of ether oxygens (including phenoxy) is 1. The van der Waals surface area contributed by atoms with Crippen LogP contribution in [0.2, 0.25) is 0 Å². The van der Waals surface area contributed by atoms with E-state index >= 15 is 0 Å². The van der Waals surface area contributed by atoms with Gasteiger partial charge in [-0.3, -0.25) is 9.69 Å². The second-order valence-electron chi connectivity index (χ2n) is 6.48. The number of likely N-dealkylation sites (tertiary alicyclic amines) is 1. The number of carbonyl (C=O) groups excluding carboxylic acids is 1. The number of nitrogens with two attached hydrogens (primary N) is 1. The summed E-state index contributed by atoms with van der Waals surface area (Å²) < 4.78 is 5.60. The molecule has 4 unspecified atom stereocenters. The van der Waals surface area contributed by atoms with Crippen molar-refractivity contribution >= 4 is 5.91 Å². The van der Waals surface area contributed by atoms with E-state index in [1.165, 1.54) is 0 Å². The fourth-order valence-corrected chi connectivity index (χ4v) is 3.83. The number of carbonyl (C=O) groups is 1. The van der Waals surface area contributed by atoms with Gasteiger partial charge in [-0.15, -0.1) is 0 Å². The van der Waals surface area contributed by atoms with Crippen LogP contribution in [0, 0.1) is 5.92 Å². The zero-order valence-electron chi connectivity index (χ0n) is 13.0. The minimum absolute atomic E-state index is 0.210. The third-order valence-electron chi connectivity index (χ3n) is 5.42. The Labute approximate surface area is 122 Å². The van der Waals surface area contributed by atoms with Crippen molar-refractivity contribution in [1.82, 2.24) is 10.2 Å². The molecule has 1 saturated heterocycles. The average Bonchev–Trinajstić information content (AvgIpc) is 2.47. The molecule has 2 aliphatic rings. The van der Waals surface area contributed by atoms with Crippen LogP contribution in [0.25, 0.3) is 0 Å². The minimum atomic E-state index is -0.519. The highest BCUT2D eigenvalue weighted by molar-refractivity contribution is 5.84. The Kier molecular flexibility index (Phi) is 5.04. The number of amides is 1. The van der Waals surface area contributed by atoms with Gasteiger partial charge in [0, 0.05) is 19.7 Å². The van der Waals surface area contributed by atoms with Crippen LogP contribution < -0.4 is 11.1 Å². The Hall–Kier alpha value is -0.650. The normalized spacial score (nSPS) is 39.6. The summed E-state index contributed by atoms with van der Waals surface area (Å²) in [4.78, 5) is 14.3. The number of primary amides is 1. The van der Waals surface area contributed by atoms with Gasteiger partial charge in [0.25, 0.3) is 0 Å². The molecule has 116 valence electrons. The smallest absolute Gasteiger partial charge is 0.237 e. The van der Waals surface area contributed by atoms with Gasteiger partial charge in [0.2, 0.25) is 5.91 Å². The third kappa shape index (κ3) is 3.00. The van der Waals surface area contributed by atoms with Crippen molar-refractivity contribution in [2.24, 2.45) is 11.7 Å². The zero-order valence-corrected chi connectivity index (χ0v) is 13.0. The van der Waals surface area contributed by atoms with Crippen LogP contribution in [-0.2, 0) is 9.53 Å². The highest BCUT2D eigenvalue weighted by atomic mass is 16.5. The number of nitrogens with one attached hydrogen (secondary N) is 1. The van der Waals surface area contributed by atoms with Crippen LogP contribution in [-0.4, -0.2) is 55.7 Å². The Balaban J connectivity index is 2.03. The van der Waals surface area contributed by atoms with Crippen molar-refractivity contribution in [1.29, 1.82) is 0 Å². The Morgan fingerprint density at radius 1 is 1.45 bits per heavy atom. The molecule has 1 saturated carbocycles. The van der Waals surface area contributed by atoms with Gasteiger partial charge in [-0.25, -0.2) is 0 Å². The predicted octanol–water partition coefficient (Wildman–Crippen LogP) is 0.729. The monoisotopic (exact) mass is 283 g/mol. The molecular formula is C15H29N3O2. The molecule has 2 fully saturated rings. The van der Waals surface area contributed by atoms with Crippen LogP contribution in [0.4, 0.5) is 0 Å². The topological polar surface area (TPSA) is 67.6 Å². The number of likely N-dealkylation sites (N-methyl/N-ethyl adjacent to an activating group) is 1. The highest BCUT2D eigenvalue weighted by Gasteiger charge is 2.42. The lowest BCUT2D eigenvalue weighted by Crippen LogP contribution is -2.61. The molecule has 0 bridgehead atoms. The quantitative estimate of drug-likeness (QED) is 0.798. The van der Waals surface area contributed by atoms with Gasteiger partial charge in [-0.2, -0.15) is 0 Å². The number of hydrogen-bond acceptors (Lipinski definition) is 4. The van der Waals surface area contributed by atoms with Gasteiger partial charge in [-0.05, 0) is 51.6 Å². The Bertz CT molecular complexity index is 350. The molecule has 0 spiro atoms. The molecule has 1 amide bonds. The molecule has 3 N–H and O–H groups in total. The lowest BCUT2D eigenvalue weighted by Gasteiger charge is -2.46. The van der Waals surface area contributed by atoms with Gasteiger partial charge in [0.1, 0.15) is 0 Å². The van der Waals surface area contributed by atoms with E-state index in [4.69, 9.17) is 10.5 Å². The summed E-state index contributed by atoms with van der Waals surface area (Å²) in [6.07, 6.45) is 5.36. The van der Waals surface area contributed by atoms with Crippen molar-refractivity contribution in [3.8, 4) is 0 Å².